The zero-order chi connectivity index (χ0) is 37.5. The molecule has 6 heterocycles. The molecule has 57 heavy (non-hydrogen) atoms. The van der Waals surface area contributed by atoms with E-state index in [9.17, 15) is 19.8 Å². The molecule has 0 amide bonds. The second-order valence-electron chi connectivity index (χ2n) is 16.1. The van der Waals surface area contributed by atoms with Crippen molar-refractivity contribution in [3.8, 4) is 0 Å². The maximum absolute atomic E-state index is 10.9. The molecule has 0 aromatic heterocycles. The predicted molar refractivity (Wildman–Crippen MR) is 227 cm³/mol. The smallest absolute Gasteiger partial charge is 0.661 e. The molecule has 8 atom stereocenters. The molecule has 6 saturated heterocycles. The van der Waals surface area contributed by atoms with Crippen LogP contribution in [0, 0.1) is 0 Å². The van der Waals surface area contributed by atoms with Crippen LogP contribution in [0.4, 0.5) is 0 Å². The van der Waals surface area contributed by atoms with Gasteiger partial charge in [0.25, 0.3) is 0 Å². The maximum Gasteiger partial charge on any atom is 8.00 e. The van der Waals surface area contributed by atoms with Gasteiger partial charge in [-0.05, 0) is 46.9 Å². The van der Waals surface area contributed by atoms with Gasteiger partial charge in [0.05, 0.1) is 11.9 Å². The number of hydrogen-bond donors (Lipinski definition) is 0. The summed E-state index contributed by atoms with van der Waals surface area (Å²) in [6.45, 7) is 5.87. The van der Waals surface area contributed by atoms with Crippen LogP contribution in [-0.4, -0.2) is 87.5 Å². The summed E-state index contributed by atoms with van der Waals surface area (Å²) in [5.74, 6) is -1.64. The predicted octanol–water partition coefficient (Wildman–Crippen LogP) is 8.87. The monoisotopic (exact) mass is 910 g/mol. The molecule has 8 rings (SSSR count). The Morgan fingerprint density at radius 1 is 0.404 bits per heavy atom. The number of halogens is 2. The van der Waals surface area contributed by atoms with Crippen LogP contribution in [0.25, 0.3) is 31.9 Å². The average molecular weight is 911 g/mol. The summed E-state index contributed by atoms with van der Waals surface area (Å²) in [6, 6.07) is 16.8. The molecule has 0 bridgehead atoms. The van der Waals surface area contributed by atoms with Crippen molar-refractivity contribution in [3.63, 3.8) is 0 Å². The van der Waals surface area contributed by atoms with E-state index in [1.54, 1.807) is 24.3 Å². The number of carbonyl (C=O) groups is 2. The van der Waals surface area contributed by atoms with Crippen LogP contribution in [0.5, 0.6) is 0 Å². The van der Waals surface area contributed by atoms with E-state index in [-0.39, 0.29) is 67.5 Å². The molecule has 6 aliphatic rings. The largest absolute Gasteiger partial charge is 8.00 e. The van der Waals surface area contributed by atoms with Crippen molar-refractivity contribution < 1.29 is 39.3 Å². The first-order valence-corrected chi connectivity index (χ1v) is 21.1. The fourth-order valence-corrected chi connectivity index (χ4v) is 9.10. The topological polar surface area (TPSA) is 165 Å². The van der Waals surface area contributed by atoms with E-state index in [0.717, 1.165) is 76.1 Å². The van der Waals surface area contributed by atoms with Gasteiger partial charge in [-0.15, -0.1) is 64.1 Å². The number of nitrogens with zero attached hydrogens (tertiary/aromatic N) is 6. The Hall–Kier alpha value is -1.66. The number of hydrogen-bond acceptors (Lipinski definition) is 4. The molecule has 0 saturated carbocycles. The molecule has 10 nitrogen and oxygen atoms in total. The van der Waals surface area contributed by atoms with Crippen molar-refractivity contribution in [3.05, 3.63) is 103 Å². The molecule has 8 unspecified atom stereocenters. The number of carboxylic acids is 2. The van der Waals surface area contributed by atoms with Crippen LogP contribution in [0.1, 0.15) is 146 Å². The van der Waals surface area contributed by atoms with Crippen molar-refractivity contribution in [1.29, 1.82) is 0 Å². The van der Waals surface area contributed by atoms with E-state index in [0.29, 0.717) is 36.0 Å². The molecule has 0 aliphatic carbocycles. The van der Waals surface area contributed by atoms with E-state index < -0.39 is 11.9 Å². The Morgan fingerprint density at radius 2 is 0.684 bits per heavy atom. The van der Waals surface area contributed by atoms with E-state index in [1.807, 2.05) is 24.3 Å². The van der Waals surface area contributed by atoms with Gasteiger partial charge >= 0.3 is 19.5 Å². The van der Waals surface area contributed by atoms with Gasteiger partial charge in [-0.25, -0.2) is 0 Å². The third kappa shape index (κ3) is 15.4. The van der Waals surface area contributed by atoms with Crippen LogP contribution >= 0.6 is 24.8 Å². The van der Waals surface area contributed by atoms with Gasteiger partial charge in [0, 0.05) is 0 Å². The molecular weight excluding hydrogens is 848 g/mol. The van der Waals surface area contributed by atoms with Crippen LogP contribution in [0.15, 0.2) is 48.5 Å². The van der Waals surface area contributed by atoms with Crippen LogP contribution in [-0.2, 0) is 19.5 Å². The van der Waals surface area contributed by atoms with Gasteiger partial charge in [0.15, 0.2) is 0 Å². The molecule has 0 radical (unpaired) electrons. The number of carboxylic acid groups (broad SMARTS) is 2. The van der Waals surface area contributed by atoms with Crippen molar-refractivity contribution in [2.24, 2.45) is 0 Å². The molecule has 0 N–H and O–H groups in total. The molecule has 13 heteroatoms. The molecule has 0 spiro atoms. The fraction of sp³-hybridized carbons (Fsp3) is 0.682. The Morgan fingerprint density at radius 3 is 0.895 bits per heavy atom. The summed E-state index contributed by atoms with van der Waals surface area (Å²) in [4.78, 5) is 21.8. The summed E-state index contributed by atoms with van der Waals surface area (Å²) in [7, 11) is 0. The van der Waals surface area contributed by atoms with Gasteiger partial charge in [0.1, 0.15) is 0 Å². The number of carbonyl (C=O) groups excluding carboxylic acids is 2. The quantitative estimate of drug-likeness (QED) is 0.254. The van der Waals surface area contributed by atoms with Crippen LogP contribution < -0.4 is 10.2 Å². The van der Waals surface area contributed by atoms with Crippen molar-refractivity contribution in [1.82, 2.24) is 0 Å². The van der Waals surface area contributed by atoms with Gasteiger partial charge in [-0.1, -0.05) is 138 Å². The second kappa shape index (κ2) is 26.5. The first-order chi connectivity index (χ1) is 26.4. The van der Waals surface area contributed by atoms with E-state index in [4.69, 9.17) is 10.6 Å². The Labute approximate surface area is 367 Å². The van der Waals surface area contributed by atoms with Crippen LogP contribution in [0.3, 0.4) is 0 Å². The zero-order valence-corrected chi connectivity index (χ0v) is 36.7. The summed E-state index contributed by atoms with van der Waals surface area (Å²) in [5, 5.41) is 50.2. The summed E-state index contributed by atoms with van der Waals surface area (Å²) in [5.41, 5.74) is 2.66. The van der Waals surface area contributed by atoms with Crippen molar-refractivity contribution >= 4 is 36.8 Å². The number of piperidine rings is 6. The summed E-state index contributed by atoms with van der Waals surface area (Å²) >= 11 is 0. The van der Waals surface area contributed by atoms with Gasteiger partial charge < -0.3 is 51.7 Å². The molecular formula is C44H62Cl2N6O4Ru. The standard InChI is InChI=1S/C24H26N2O4.2C10H18N2.2ClH.Ru/c27-23(28)17-5-1-15(2-6-17)19-9-11-21(25-13-19)22-12-10-20(14-26-22)16-3-7-18(8-4-16)24(29)30;2*1-3-7-11-9(5-1)10-6-2-4-8-12-10;;;/h1-8,19-22H,9-14H2,(H,27,28)(H,29,30);2*9-10H,1-8H2;2*1H;/q3*-2;;;+8/p-2. The third-order valence-electron chi connectivity index (χ3n) is 12.4. The minimum absolute atomic E-state index is 0. The minimum Gasteiger partial charge on any atom is -0.661 e. The number of aromatic carboxylic acids is 2. The Bertz CT molecular complexity index is 1260. The van der Waals surface area contributed by atoms with E-state index in [2.05, 4.69) is 21.3 Å². The first-order valence-electron chi connectivity index (χ1n) is 21.1. The second-order valence-corrected chi connectivity index (χ2v) is 16.1. The zero-order valence-electron chi connectivity index (χ0n) is 33.3. The van der Waals surface area contributed by atoms with Crippen molar-refractivity contribution in [2.75, 3.05) is 39.3 Å². The van der Waals surface area contributed by atoms with Crippen LogP contribution in [0.2, 0.25) is 0 Å². The SMILES string of the molecule is C1CCC(C2CCCC[N-]2)[N-]C1.C1CCC(C2CCCC[N-]2)[N-]C1.Cl.Cl.O=C([O-])c1ccc(C2CCC(C3CCC(c4ccc(C(=O)[O-])cc4)C[N-]3)[N-]C2)cc1.[Ru+8]. The van der Waals surface area contributed by atoms with Gasteiger partial charge in [0.2, 0.25) is 0 Å². The Kier molecular flexibility index (Phi) is 23.1. The minimum atomic E-state index is -1.15. The van der Waals surface area contributed by atoms with Gasteiger partial charge in [-0.3, -0.25) is 0 Å². The van der Waals surface area contributed by atoms with Gasteiger partial charge in [-0.2, -0.15) is 36.3 Å². The van der Waals surface area contributed by atoms with Crippen molar-refractivity contribution in [2.45, 2.75) is 151 Å². The van der Waals surface area contributed by atoms with E-state index >= 15 is 0 Å². The average Bonchev–Trinajstić information content (AvgIpc) is 3.25. The summed E-state index contributed by atoms with van der Waals surface area (Å²) in [6.07, 6.45) is 20.0. The first kappa shape index (κ1) is 49.7. The third-order valence-corrected chi connectivity index (χ3v) is 12.4. The molecule has 6 aliphatic heterocycles. The summed E-state index contributed by atoms with van der Waals surface area (Å²) < 4.78 is 0. The molecule has 6 fully saturated rings. The maximum atomic E-state index is 10.9. The number of rotatable bonds is 7. The fourth-order valence-electron chi connectivity index (χ4n) is 9.10. The molecule has 314 valence electrons. The molecule has 2 aromatic carbocycles. The normalized spacial score (nSPS) is 30.1. The number of benzene rings is 2. The Balaban J connectivity index is 0.000000265. The van der Waals surface area contributed by atoms with E-state index in [1.165, 1.54) is 77.0 Å². The molecule has 2 aromatic rings.